The van der Waals surface area contributed by atoms with Crippen LogP contribution >= 0.6 is 35.8 Å². The van der Waals surface area contributed by atoms with Crippen molar-refractivity contribution >= 4 is 41.7 Å². The molecule has 1 aromatic carbocycles. The molecule has 0 atom stereocenters. The number of nitrogens with one attached hydrogen (secondary N) is 1. The lowest BCUT2D eigenvalue weighted by atomic mass is 9.91. The van der Waals surface area contributed by atoms with Gasteiger partial charge in [0.25, 0.3) is 5.91 Å². The van der Waals surface area contributed by atoms with E-state index in [4.69, 9.17) is 17.3 Å². The second-order valence-corrected chi connectivity index (χ2v) is 6.90. The Morgan fingerprint density at radius 2 is 2.05 bits per heavy atom. The van der Waals surface area contributed by atoms with Gasteiger partial charge in [-0.3, -0.25) is 4.79 Å². The highest BCUT2D eigenvalue weighted by molar-refractivity contribution is 7.99. The van der Waals surface area contributed by atoms with Crippen LogP contribution in [-0.4, -0.2) is 23.7 Å². The molecule has 118 valence electrons. The molecule has 0 heterocycles. The second-order valence-electron chi connectivity index (χ2n) is 5.16. The zero-order valence-electron chi connectivity index (χ0n) is 12.1. The van der Waals surface area contributed by atoms with Gasteiger partial charge in [0.15, 0.2) is 0 Å². The van der Waals surface area contributed by atoms with Crippen LogP contribution in [0.1, 0.15) is 43.0 Å². The fourth-order valence-electron chi connectivity index (χ4n) is 2.49. The second kappa shape index (κ2) is 8.89. The Hall–Kier alpha value is -0.420. The van der Waals surface area contributed by atoms with Gasteiger partial charge >= 0.3 is 0 Å². The van der Waals surface area contributed by atoms with E-state index >= 15 is 0 Å². The fourth-order valence-corrected chi connectivity index (χ4v) is 3.44. The summed E-state index contributed by atoms with van der Waals surface area (Å²) in [7, 11) is 0. The highest BCUT2D eigenvalue weighted by atomic mass is 35.5. The Morgan fingerprint density at radius 3 is 2.67 bits per heavy atom. The molecule has 1 fully saturated rings. The molecule has 1 aliphatic carbocycles. The number of hydrogen-bond donors (Lipinski definition) is 2. The zero-order chi connectivity index (χ0) is 14.5. The number of benzene rings is 1. The first-order valence-corrected chi connectivity index (χ1v) is 8.45. The van der Waals surface area contributed by atoms with Crippen LogP contribution in [0.5, 0.6) is 0 Å². The Morgan fingerprint density at radius 1 is 1.38 bits per heavy atom. The highest BCUT2D eigenvalue weighted by Gasteiger charge is 2.21. The first-order valence-electron chi connectivity index (χ1n) is 7.09. The molecular weight excluding hydrogens is 327 g/mol. The minimum absolute atomic E-state index is 0. The molecule has 1 aliphatic rings. The van der Waals surface area contributed by atoms with Crippen LogP contribution in [0.15, 0.2) is 23.1 Å². The first kappa shape index (κ1) is 18.6. The molecule has 0 spiro atoms. The monoisotopic (exact) mass is 348 g/mol. The Bertz CT molecular complexity index is 477. The van der Waals surface area contributed by atoms with Crippen molar-refractivity contribution in [2.75, 3.05) is 5.75 Å². The van der Waals surface area contributed by atoms with E-state index in [1.54, 1.807) is 17.8 Å². The zero-order valence-corrected chi connectivity index (χ0v) is 14.5. The van der Waals surface area contributed by atoms with Gasteiger partial charge in [-0.1, -0.05) is 18.5 Å². The lowest BCUT2D eigenvalue weighted by Gasteiger charge is -2.27. The van der Waals surface area contributed by atoms with Crippen LogP contribution in [-0.2, 0) is 0 Å². The summed E-state index contributed by atoms with van der Waals surface area (Å²) in [6, 6.07) is 6.03. The molecule has 0 saturated heterocycles. The van der Waals surface area contributed by atoms with Crippen molar-refractivity contribution in [2.45, 2.75) is 49.6 Å². The van der Waals surface area contributed by atoms with Gasteiger partial charge < -0.3 is 11.1 Å². The average Bonchev–Trinajstić information content (AvgIpc) is 2.43. The van der Waals surface area contributed by atoms with E-state index in [0.717, 1.165) is 36.3 Å². The molecule has 0 bridgehead atoms. The predicted octanol–water partition coefficient (Wildman–Crippen LogP) is 3.87. The smallest absolute Gasteiger partial charge is 0.252 e. The lowest BCUT2D eigenvalue weighted by molar-refractivity contribution is 0.0923. The average molecular weight is 349 g/mol. The summed E-state index contributed by atoms with van der Waals surface area (Å²) in [5.41, 5.74) is 6.57. The van der Waals surface area contributed by atoms with E-state index in [-0.39, 0.29) is 24.4 Å². The predicted molar refractivity (Wildman–Crippen MR) is 92.8 cm³/mol. The molecule has 3 N–H and O–H groups in total. The Labute approximate surface area is 141 Å². The van der Waals surface area contributed by atoms with Crippen LogP contribution in [0, 0.1) is 0 Å². The number of hydrogen-bond acceptors (Lipinski definition) is 3. The van der Waals surface area contributed by atoms with Crippen molar-refractivity contribution in [1.82, 2.24) is 5.32 Å². The van der Waals surface area contributed by atoms with E-state index in [0.29, 0.717) is 16.6 Å². The van der Waals surface area contributed by atoms with E-state index < -0.39 is 0 Å². The van der Waals surface area contributed by atoms with Gasteiger partial charge in [0.2, 0.25) is 0 Å². The molecule has 0 aromatic heterocycles. The third kappa shape index (κ3) is 5.37. The number of nitrogens with two attached hydrogens (primary N) is 1. The lowest BCUT2D eigenvalue weighted by Crippen LogP contribution is -2.40. The summed E-state index contributed by atoms with van der Waals surface area (Å²) in [6.45, 7) is 2.07. The molecule has 0 aliphatic heterocycles. The van der Waals surface area contributed by atoms with Gasteiger partial charge in [-0.05, 0) is 49.6 Å². The normalized spacial score (nSPS) is 21.5. The molecule has 2 rings (SSSR count). The minimum Gasteiger partial charge on any atom is -0.349 e. The minimum atomic E-state index is -0.0241. The van der Waals surface area contributed by atoms with Crippen LogP contribution in [0.3, 0.4) is 0 Å². The number of carbonyl (C=O) groups excluding carboxylic acids is 1. The summed E-state index contributed by atoms with van der Waals surface area (Å²) >= 11 is 7.68. The summed E-state index contributed by atoms with van der Waals surface area (Å²) in [5.74, 6) is 0.907. The van der Waals surface area contributed by atoms with Gasteiger partial charge in [-0.15, -0.1) is 24.2 Å². The summed E-state index contributed by atoms with van der Waals surface area (Å²) in [4.78, 5) is 13.4. The number of halogens is 2. The molecule has 0 unspecified atom stereocenters. The van der Waals surface area contributed by atoms with E-state index in [2.05, 4.69) is 12.2 Å². The third-order valence-electron chi connectivity index (χ3n) is 3.59. The Balaban J connectivity index is 0.00000220. The van der Waals surface area contributed by atoms with Crippen LogP contribution < -0.4 is 11.1 Å². The van der Waals surface area contributed by atoms with Crippen molar-refractivity contribution in [1.29, 1.82) is 0 Å². The number of carbonyl (C=O) groups is 1. The van der Waals surface area contributed by atoms with Gasteiger partial charge in [0, 0.05) is 22.0 Å². The molecule has 3 nitrogen and oxygen atoms in total. The SMILES string of the molecule is CCSc1ccc(Cl)cc1C(=O)NC1CCC(N)CC1.Cl. The quantitative estimate of drug-likeness (QED) is 0.812. The molecule has 1 aromatic rings. The van der Waals surface area contributed by atoms with Crippen LogP contribution in [0.25, 0.3) is 0 Å². The molecule has 1 saturated carbocycles. The van der Waals surface area contributed by atoms with Gasteiger partial charge in [-0.25, -0.2) is 0 Å². The van der Waals surface area contributed by atoms with E-state index in [1.807, 2.05) is 12.1 Å². The summed E-state index contributed by atoms with van der Waals surface area (Å²) in [5, 5.41) is 3.71. The van der Waals surface area contributed by atoms with Crippen molar-refractivity contribution in [3.63, 3.8) is 0 Å². The number of amides is 1. The summed E-state index contributed by atoms with van der Waals surface area (Å²) in [6.07, 6.45) is 3.89. The Kier molecular flexibility index (Phi) is 7.88. The molecule has 21 heavy (non-hydrogen) atoms. The van der Waals surface area contributed by atoms with Crippen molar-refractivity contribution in [3.8, 4) is 0 Å². The van der Waals surface area contributed by atoms with Gasteiger partial charge in [-0.2, -0.15) is 0 Å². The molecule has 1 amide bonds. The van der Waals surface area contributed by atoms with Gasteiger partial charge in [0.05, 0.1) is 5.56 Å². The van der Waals surface area contributed by atoms with Gasteiger partial charge in [0.1, 0.15) is 0 Å². The third-order valence-corrected chi connectivity index (χ3v) is 4.78. The first-order chi connectivity index (χ1) is 9.60. The molecular formula is C15H22Cl2N2OS. The van der Waals surface area contributed by atoms with E-state index in [1.165, 1.54) is 0 Å². The maximum absolute atomic E-state index is 12.4. The van der Waals surface area contributed by atoms with Crippen molar-refractivity contribution in [2.24, 2.45) is 5.73 Å². The maximum Gasteiger partial charge on any atom is 0.252 e. The van der Waals surface area contributed by atoms with Crippen molar-refractivity contribution in [3.05, 3.63) is 28.8 Å². The topological polar surface area (TPSA) is 55.1 Å². The molecule has 6 heteroatoms. The molecule has 0 radical (unpaired) electrons. The van der Waals surface area contributed by atoms with E-state index in [9.17, 15) is 4.79 Å². The standard InChI is InChI=1S/C15H21ClN2OS.ClH/c1-2-20-14-8-3-10(16)9-13(14)15(19)18-12-6-4-11(17)5-7-12;/h3,8-9,11-12H,2,4-7,17H2,1H3,(H,18,19);1H. The van der Waals surface area contributed by atoms with Crippen molar-refractivity contribution < 1.29 is 4.79 Å². The highest BCUT2D eigenvalue weighted by Crippen LogP contribution is 2.26. The fraction of sp³-hybridized carbons (Fsp3) is 0.533. The largest absolute Gasteiger partial charge is 0.349 e. The summed E-state index contributed by atoms with van der Waals surface area (Å²) < 4.78 is 0. The maximum atomic E-state index is 12.4. The van der Waals surface area contributed by atoms with Crippen LogP contribution in [0.2, 0.25) is 5.02 Å². The number of rotatable bonds is 4. The number of thioether (sulfide) groups is 1. The van der Waals surface area contributed by atoms with Crippen LogP contribution in [0.4, 0.5) is 0 Å².